The van der Waals surface area contributed by atoms with E-state index in [0.29, 0.717) is 38.5 Å². The average molecular weight is 325 g/mol. The highest BCUT2D eigenvalue weighted by Crippen LogP contribution is 2.39. The molecular weight excluding hydrogens is 302 g/mol. The lowest BCUT2D eigenvalue weighted by Gasteiger charge is -2.35. The Labute approximate surface area is 141 Å². The number of para-hydroxylation sites is 1. The maximum Gasteiger partial charge on any atom is 0.227 e. The average Bonchev–Trinajstić information content (AvgIpc) is 3.21. The van der Waals surface area contributed by atoms with E-state index >= 15 is 0 Å². The van der Waals surface area contributed by atoms with Crippen LogP contribution in [0.3, 0.4) is 0 Å². The van der Waals surface area contributed by atoms with Gasteiger partial charge in [0, 0.05) is 49.2 Å². The van der Waals surface area contributed by atoms with Crippen LogP contribution in [-0.2, 0) is 16.0 Å². The van der Waals surface area contributed by atoms with Crippen LogP contribution >= 0.6 is 0 Å². The molecule has 1 N–H and O–H groups in total. The third-order valence-electron chi connectivity index (χ3n) is 5.39. The number of fused-ring (bicyclic) bond motifs is 1. The van der Waals surface area contributed by atoms with Crippen LogP contribution in [0.1, 0.15) is 18.9 Å². The van der Waals surface area contributed by atoms with E-state index in [2.05, 4.69) is 11.9 Å². The summed E-state index contributed by atoms with van der Waals surface area (Å²) in [6.45, 7) is 4.76. The largest absolute Gasteiger partial charge is 0.361 e. The minimum Gasteiger partial charge on any atom is -0.361 e. The molecule has 24 heavy (non-hydrogen) atoms. The van der Waals surface area contributed by atoms with Crippen molar-refractivity contribution in [2.45, 2.75) is 19.8 Å². The van der Waals surface area contributed by atoms with Crippen LogP contribution in [0.25, 0.3) is 10.9 Å². The lowest BCUT2D eigenvalue weighted by Crippen LogP contribution is -2.51. The van der Waals surface area contributed by atoms with Crippen molar-refractivity contribution < 1.29 is 9.59 Å². The normalized spacial score (nSPS) is 23.5. The van der Waals surface area contributed by atoms with Gasteiger partial charge in [-0.05, 0) is 24.0 Å². The van der Waals surface area contributed by atoms with Crippen molar-refractivity contribution in [1.82, 2.24) is 14.8 Å². The number of amides is 2. The Balaban J connectivity index is 1.35. The summed E-state index contributed by atoms with van der Waals surface area (Å²) in [6, 6.07) is 8.04. The second kappa shape index (κ2) is 5.96. The van der Waals surface area contributed by atoms with E-state index in [4.69, 9.17) is 0 Å². The van der Waals surface area contributed by atoms with E-state index in [1.165, 1.54) is 0 Å². The summed E-state index contributed by atoms with van der Waals surface area (Å²) in [6.07, 6.45) is 3.37. The Hall–Kier alpha value is -2.30. The molecule has 2 fully saturated rings. The first-order chi connectivity index (χ1) is 11.6. The topological polar surface area (TPSA) is 56.4 Å². The highest BCUT2D eigenvalue weighted by molar-refractivity contribution is 5.89. The molecule has 0 radical (unpaired) electrons. The van der Waals surface area contributed by atoms with Crippen molar-refractivity contribution in [3.63, 3.8) is 0 Å². The van der Waals surface area contributed by atoms with E-state index in [1.807, 2.05) is 40.3 Å². The molecular formula is C19H23N3O2. The standard InChI is InChI=1S/C19H23N3O2/c1-13-10-16(13)19(24)22-8-6-21(7-9-22)18(23)11-14-12-20-17-5-3-2-4-15(14)17/h2-5,12-13,16,20H,6-11H2,1H3/t13-,16+/m1/s1. The van der Waals surface area contributed by atoms with Gasteiger partial charge in [-0.25, -0.2) is 0 Å². The van der Waals surface area contributed by atoms with Gasteiger partial charge in [0.25, 0.3) is 0 Å². The molecule has 0 spiro atoms. The molecule has 1 aliphatic carbocycles. The molecule has 4 rings (SSSR count). The van der Waals surface area contributed by atoms with Crippen LogP contribution in [0.5, 0.6) is 0 Å². The zero-order chi connectivity index (χ0) is 16.7. The van der Waals surface area contributed by atoms with Gasteiger partial charge < -0.3 is 14.8 Å². The SMILES string of the molecule is C[C@@H]1C[C@@H]1C(=O)N1CCN(C(=O)Cc2c[nH]c3ccccc23)CC1. The summed E-state index contributed by atoms with van der Waals surface area (Å²) in [5.74, 6) is 1.20. The Kier molecular flexibility index (Phi) is 3.79. The zero-order valence-corrected chi connectivity index (χ0v) is 14.0. The van der Waals surface area contributed by atoms with Gasteiger partial charge in [-0.15, -0.1) is 0 Å². The number of hydrogen-bond donors (Lipinski definition) is 1. The van der Waals surface area contributed by atoms with E-state index in [-0.39, 0.29) is 17.7 Å². The predicted octanol–water partition coefficient (Wildman–Crippen LogP) is 2.04. The van der Waals surface area contributed by atoms with Crippen molar-refractivity contribution in [3.05, 3.63) is 36.0 Å². The second-order valence-electron chi connectivity index (χ2n) is 7.06. The van der Waals surface area contributed by atoms with Gasteiger partial charge in [0.2, 0.25) is 11.8 Å². The van der Waals surface area contributed by atoms with Crippen LogP contribution in [0.2, 0.25) is 0 Å². The first-order valence-electron chi connectivity index (χ1n) is 8.75. The molecule has 2 aliphatic rings. The quantitative estimate of drug-likeness (QED) is 0.939. The number of aromatic amines is 1. The van der Waals surface area contributed by atoms with Crippen LogP contribution in [0.15, 0.2) is 30.5 Å². The summed E-state index contributed by atoms with van der Waals surface area (Å²) < 4.78 is 0. The molecule has 2 atom stereocenters. The Bertz CT molecular complexity index is 774. The van der Waals surface area contributed by atoms with Gasteiger partial charge in [0.15, 0.2) is 0 Å². The molecule has 1 saturated carbocycles. The molecule has 2 aromatic rings. The number of aromatic nitrogens is 1. The fourth-order valence-electron chi connectivity index (χ4n) is 3.63. The monoisotopic (exact) mass is 325 g/mol. The lowest BCUT2D eigenvalue weighted by atomic mass is 10.1. The van der Waals surface area contributed by atoms with Crippen LogP contribution in [0.4, 0.5) is 0 Å². The Morgan fingerprint density at radius 2 is 1.79 bits per heavy atom. The molecule has 126 valence electrons. The number of rotatable bonds is 3. The van der Waals surface area contributed by atoms with Crippen molar-refractivity contribution in [2.24, 2.45) is 11.8 Å². The van der Waals surface area contributed by atoms with Crippen LogP contribution < -0.4 is 0 Å². The summed E-state index contributed by atoms with van der Waals surface area (Å²) in [7, 11) is 0. The van der Waals surface area contributed by atoms with Crippen molar-refractivity contribution >= 4 is 22.7 Å². The first-order valence-corrected chi connectivity index (χ1v) is 8.75. The molecule has 1 aliphatic heterocycles. The highest BCUT2D eigenvalue weighted by Gasteiger charge is 2.42. The van der Waals surface area contributed by atoms with Crippen molar-refractivity contribution in [3.8, 4) is 0 Å². The summed E-state index contributed by atoms with van der Waals surface area (Å²) >= 11 is 0. The number of H-pyrrole nitrogens is 1. The van der Waals surface area contributed by atoms with Crippen molar-refractivity contribution in [2.75, 3.05) is 26.2 Å². The molecule has 1 aromatic heterocycles. The predicted molar refractivity (Wildman–Crippen MR) is 92.4 cm³/mol. The number of nitrogens with one attached hydrogen (secondary N) is 1. The minimum absolute atomic E-state index is 0.145. The Morgan fingerprint density at radius 3 is 2.50 bits per heavy atom. The molecule has 0 unspecified atom stereocenters. The number of hydrogen-bond acceptors (Lipinski definition) is 2. The lowest BCUT2D eigenvalue weighted by molar-refractivity contribution is -0.140. The van der Waals surface area contributed by atoms with Gasteiger partial charge in [-0.3, -0.25) is 9.59 Å². The zero-order valence-electron chi connectivity index (χ0n) is 14.0. The molecule has 2 heterocycles. The molecule has 0 bridgehead atoms. The van der Waals surface area contributed by atoms with Gasteiger partial charge in [-0.2, -0.15) is 0 Å². The maximum atomic E-state index is 12.6. The fourth-order valence-corrected chi connectivity index (χ4v) is 3.63. The van der Waals surface area contributed by atoms with E-state index in [9.17, 15) is 9.59 Å². The van der Waals surface area contributed by atoms with E-state index in [0.717, 1.165) is 22.9 Å². The summed E-state index contributed by atoms with van der Waals surface area (Å²) in [5.41, 5.74) is 2.11. The number of piperazine rings is 1. The number of benzene rings is 1. The summed E-state index contributed by atoms with van der Waals surface area (Å²) in [5, 5.41) is 1.11. The van der Waals surface area contributed by atoms with Gasteiger partial charge in [0.1, 0.15) is 0 Å². The molecule has 5 nitrogen and oxygen atoms in total. The smallest absolute Gasteiger partial charge is 0.227 e. The Morgan fingerprint density at radius 1 is 1.12 bits per heavy atom. The minimum atomic E-state index is 0.145. The van der Waals surface area contributed by atoms with E-state index < -0.39 is 0 Å². The molecule has 5 heteroatoms. The van der Waals surface area contributed by atoms with Crippen LogP contribution in [0, 0.1) is 11.8 Å². The number of carbonyl (C=O) groups is 2. The van der Waals surface area contributed by atoms with E-state index in [1.54, 1.807) is 0 Å². The summed E-state index contributed by atoms with van der Waals surface area (Å²) in [4.78, 5) is 31.9. The maximum absolute atomic E-state index is 12.6. The van der Waals surface area contributed by atoms with Gasteiger partial charge in [0.05, 0.1) is 6.42 Å². The first kappa shape index (κ1) is 15.2. The van der Waals surface area contributed by atoms with Crippen molar-refractivity contribution in [1.29, 1.82) is 0 Å². The highest BCUT2D eigenvalue weighted by atomic mass is 16.2. The molecule has 1 saturated heterocycles. The third kappa shape index (κ3) is 2.79. The fraction of sp³-hybridized carbons (Fsp3) is 0.474. The molecule has 1 aromatic carbocycles. The second-order valence-corrected chi connectivity index (χ2v) is 7.06. The van der Waals surface area contributed by atoms with Gasteiger partial charge >= 0.3 is 0 Å². The van der Waals surface area contributed by atoms with Crippen LogP contribution in [-0.4, -0.2) is 52.8 Å². The number of nitrogens with zero attached hydrogens (tertiary/aromatic N) is 2. The number of carbonyl (C=O) groups excluding carboxylic acids is 2. The van der Waals surface area contributed by atoms with Gasteiger partial charge in [-0.1, -0.05) is 25.1 Å². The molecule has 2 amide bonds. The third-order valence-corrected chi connectivity index (χ3v) is 5.39.